The number of fused-ring (bicyclic) bond motifs is 1. The number of nitrogens with zero attached hydrogens (tertiary/aromatic N) is 2. The van der Waals surface area contributed by atoms with E-state index in [0.29, 0.717) is 12.4 Å². The van der Waals surface area contributed by atoms with E-state index in [2.05, 4.69) is 15.7 Å². The maximum absolute atomic E-state index is 12.3. The smallest absolute Gasteiger partial charge is 0.257 e. The van der Waals surface area contributed by atoms with E-state index in [0.717, 1.165) is 24.2 Å². The van der Waals surface area contributed by atoms with E-state index in [1.165, 1.54) is 18.2 Å². The molecule has 1 aromatic heterocycles. The van der Waals surface area contributed by atoms with E-state index in [1.54, 1.807) is 11.7 Å². The van der Waals surface area contributed by atoms with Crippen molar-refractivity contribution in [2.75, 3.05) is 11.9 Å². The van der Waals surface area contributed by atoms with E-state index in [4.69, 9.17) is 0 Å². The number of aromatic nitrogens is 2. The van der Waals surface area contributed by atoms with Crippen LogP contribution in [0.1, 0.15) is 21.6 Å². The van der Waals surface area contributed by atoms with Crippen molar-refractivity contribution in [3.8, 4) is 11.5 Å². The van der Waals surface area contributed by atoms with Crippen molar-refractivity contribution in [2.45, 2.75) is 13.0 Å². The molecule has 110 valence electrons. The number of nitrogens with one attached hydrogen (secondary N) is 2. The van der Waals surface area contributed by atoms with Crippen molar-refractivity contribution in [1.29, 1.82) is 0 Å². The predicted molar refractivity (Wildman–Crippen MR) is 76.3 cm³/mol. The number of phenolic OH excluding ortho intramolecular Hbond substituents is 2. The average Bonchev–Trinajstić information content (AvgIpc) is 2.74. The lowest BCUT2D eigenvalue weighted by molar-refractivity contribution is 0.102. The molecule has 3 rings (SSSR count). The van der Waals surface area contributed by atoms with E-state index < -0.39 is 5.91 Å². The molecule has 0 fully saturated rings. The van der Waals surface area contributed by atoms with Gasteiger partial charge < -0.3 is 20.8 Å². The Bertz CT molecular complexity index is 688. The van der Waals surface area contributed by atoms with Gasteiger partial charge in [-0.3, -0.25) is 9.48 Å². The first-order valence-corrected chi connectivity index (χ1v) is 6.64. The quantitative estimate of drug-likeness (QED) is 0.653. The van der Waals surface area contributed by atoms with Gasteiger partial charge in [0.05, 0.1) is 5.69 Å². The summed E-state index contributed by atoms with van der Waals surface area (Å²) >= 11 is 0. The molecular formula is C14H16N4O3. The van der Waals surface area contributed by atoms with Gasteiger partial charge in [-0.2, -0.15) is 5.10 Å². The molecule has 7 heteroatoms. The molecule has 0 saturated carbocycles. The van der Waals surface area contributed by atoms with Crippen molar-refractivity contribution < 1.29 is 15.0 Å². The van der Waals surface area contributed by atoms with E-state index in [9.17, 15) is 15.0 Å². The molecule has 1 aromatic carbocycles. The topological polar surface area (TPSA) is 99.4 Å². The Hall–Kier alpha value is -2.54. The number of rotatable bonds is 2. The van der Waals surface area contributed by atoms with Crippen LogP contribution in [0.15, 0.2) is 18.2 Å². The summed E-state index contributed by atoms with van der Waals surface area (Å²) in [5, 5.41) is 29.3. The predicted octanol–water partition coefficient (Wildman–Crippen LogP) is 0.729. The zero-order valence-corrected chi connectivity index (χ0v) is 11.6. The van der Waals surface area contributed by atoms with Crippen molar-refractivity contribution in [1.82, 2.24) is 15.1 Å². The van der Waals surface area contributed by atoms with Crippen LogP contribution < -0.4 is 10.6 Å². The molecule has 2 aromatic rings. The SMILES string of the molecule is Cn1nc2c(c1NC(=O)c1cc(O)cc(O)c1)CNCC2. The number of aromatic hydroxyl groups is 2. The van der Waals surface area contributed by atoms with Crippen LogP contribution in [0, 0.1) is 0 Å². The minimum absolute atomic E-state index is 0.158. The summed E-state index contributed by atoms with van der Waals surface area (Å²) in [5.74, 6) is -0.0923. The number of phenols is 2. The van der Waals surface area contributed by atoms with Gasteiger partial charge in [-0.15, -0.1) is 0 Å². The molecule has 1 aliphatic heterocycles. The Morgan fingerprint density at radius 3 is 2.76 bits per heavy atom. The Morgan fingerprint density at radius 2 is 2.05 bits per heavy atom. The largest absolute Gasteiger partial charge is 0.508 e. The highest BCUT2D eigenvalue weighted by molar-refractivity contribution is 6.04. The first-order valence-electron chi connectivity index (χ1n) is 6.64. The third-order valence-corrected chi connectivity index (χ3v) is 3.47. The summed E-state index contributed by atoms with van der Waals surface area (Å²) in [6.07, 6.45) is 0.825. The molecule has 0 aliphatic carbocycles. The fourth-order valence-electron chi connectivity index (χ4n) is 2.49. The number of carbonyl (C=O) groups excluding carboxylic acids is 1. The molecule has 2 heterocycles. The van der Waals surface area contributed by atoms with Gasteiger partial charge in [-0.05, 0) is 12.1 Å². The number of hydrogen-bond donors (Lipinski definition) is 4. The van der Waals surface area contributed by atoms with Crippen molar-refractivity contribution in [3.63, 3.8) is 0 Å². The van der Waals surface area contributed by atoms with Gasteiger partial charge in [-0.25, -0.2) is 0 Å². The third-order valence-electron chi connectivity index (χ3n) is 3.47. The molecule has 4 N–H and O–H groups in total. The highest BCUT2D eigenvalue weighted by Crippen LogP contribution is 2.24. The highest BCUT2D eigenvalue weighted by atomic mass is 16.3. The second kappa shape index (κ2) is 5.10. The second-order valence-electron chi connectivity index (χ2n) is 5.02. The number of carbonyl (C=O) groups is 1. The maximum atomic E-state index is 12.3. The molecule has 0 bridgehead atoms. The first-order chi connectivity index (χ1) is 10.0. The number of aryl methyl sites for hydroxylation is 1. The summed E-state index contributed by atoms with van der Waals surface area (Å²) in [5.41, 5.74) is 2.14. The molecule has 0 saturated heterocycles. The van der Waals surface area contributed by atoms with E-state index >= 15 is 0 Å². The number of amides is 1. The standard InChI is InChI=1S/C14H16N4O3/c1-18-13(11-7-15-3-2-12(11)17-18)16-14(21)8-4-9(19)6-10(20)5-8/h4-6,15,19-20H,2-3,7H2,1H3,(H,16,21). The molecule has 1 aliphatic rings. The van der Waals surface area contributed by atoms with E-state index in [-0.39, 0.29) is 17.1 Å². The highest BCUT2D eigenvalue weighted by Gasteiger charge is 2.21. The van der Waals surface area contributed by atoms with Crippen LogP contribution in [0.4, 0.5) is 5.82 Å². The third kappa shape index (κ3) is 2.55. The van der Waals surface area contributed by atoms with Crippen LogP contribution in [-0.2, 0) is 20.0 Å². The zero-order chi connectivity index (χ0) is 15.0. The van der Waals surface area contributed by atoms with Gasteiger partial charge in [0.1, 0.15) is 17.3 Å². The number of benzene rings is 1. The van der Waals surface area contributed by atoms with Crippen molar-refractivity contribution >= 4 is 11.7 Å². The summed E-state index contributed by atoms with van der Waals surface area (Å²) in [6.45, 7) is 1.53. The lowest BCUT2D eigenvalue weighted by atomic mass is 10.1. The molecular weight excluding hydrogens is 272 g/mol. The average molecular weight is 288 g/mol. The fraction of sp³-hybridized carbons (Fsp3) is 0.286. The minimum Gasteiger partial charge on any atom is -0.508 e. The summed E-state index contributed by atoms with van der Waals surface area (Å²) in [4.78, 5) is 12.3. The Kier molecular flexibility index (Phi) is 3.26. The van der Waals surface area contributed by atoms with Crippen LogP contribution in [0.3, 0.4) is 0 Å². The van der Waals surface area contributed by atoms with Crippen LogP contribution in [0.25, 0.3) is 0 Å². The molecule has 21 heavy (non-hydrogen) atoms. The van der Waals surface area contributed by atoms with Gasteiger partial charge in [0.2, 0.25) is 0 Å². The molecule has 7 nitrogen and oxygen atoms in total. The van der Waals surface area contributed by atoms with Gasteiger partial charge in [0.25, 0.3) is 5.91 Å². The van der Waals surface area contributed by atoms with Gasteiger partial charge in [0.15, 0.2) is 0 Å². The summed E-state index contributed by atoms with van der Waals surface area (Å²) < 4.78 is 1.64. The molecule has 0 atom stereocenters. The molecule has 0 radical (unpaired) electrons. The Morgan fingerprint density at radius 1 is 1.33 bits per heavy atom. The zero-order valence-electron chi connectivity index (χ0n) is 11.6. The fourth-order valence-corrected chi connectivity index (χ4v) is 2.49. The van der Waals surface area contributed by atoms with E-state index in [1.807, 2.05) is 0 Å². The Labute approximate surface area is 121 Å². The second-order valence-corrected chi connectivity index (χ2v) is 5.02. The van der Waals surface area contributed by atoms with Gasteiger partial charge in [-0.1, -0.05) is 0 Å². The van der Waals surface area contributed by atoms with Gasteiger partial charge >= 0.3 is 0 Å². The van der Waals surface area contributed by atoms with Gasteiger partial charge in [0, 0.05) is 43.8 Å². The Balaban J connectivity index is 1.89. The molecule has 0 unspecified atom stereocenters. The monoisotopic (exact) mass is 288 g/mol. The summed E-state index contributed by atoms with van der Waals surface area (Å²) in [6, 6.07) is 3.78. The van der Waals surface area contributed by atoms with Crippen LogP contribution >= 0.6 is 0 Å². The lowest BCUT2D eigenvalue weighted by Gasteiger charge is -2.13. The number of anilines is 1. The maximum Gasteiger partial charge on any atom is 0.257 e. The summed E-state index contributed by atoms with van der Waals surface area (Å²) in [7, 11) is 1.77. The molecule has 1 amide bonds. The lowest BCUT2D eigenvalue weighted by Crippen LogP contribution is -2.24. The first kappa shape index (κ1) is 13.4. The van der Waals surface area contributed by atoms with Crippen LogP contribution in [0.5, 0.6) is 11.5 Å². The number of hydrogen-bond acceptors (Lipinski definition) is 5. The van der Waals surface area contributed by atoms with Crippen molar-refractivity contribution in [2.24, 2.45) is 7.05 Å². The van der Waals surface area contributed by atoms with Crippen LogP contribution in [-0.4, -0.2) is 32.4 Å². The van der Waals surface area contributed by atoms with Crippen LogP contribution in [0.2, 0.25) is 0 Å². The van der Waals surface area contributed by atoms with Crippen molar-refractivity contribution in [3.05, 3.63) is 35.0 Å². The molecule has 0 spiro atoms. The normalized spacial score (nSPS) is 13.8. The minimum atomic E-state index is -0.405.